The lowest BCUT2D eigenvalue weighted by Gasteiger charge is -2.33. The van der Waals surface area contributed by atoms with Crippen LogP contribution in [0, 0.1) is 5.92 Å². The van der Waals surface area contributed by atoms with Gasteiger partial charge in [-0.3, -0.25) is 9.78 Å². The largest absolute Gasteiger partial charge is 0.444 e. The Balaban J connectivity index is 1.76. The molecule has 128 valence electrons. The highest BCUT2D eigenvalue weighted by Crippen LogP contribution is 2.22. The van der Waals surface area contributed by atoms with Gasteiger partial charge in [0.15, 0.2) is 0 Å². The predicted molar refractivity (Wildman–Crippen MR) is 93.4 cm³/mol. The minimum atomic E-state index is -0.487. The molecule has 0 saturated carbocycles. The van der Waals surface area contributed by atoms with Crippen molar-refractivity contribution in [1.29, 1.82) is 0 Å². The summed E-state index contributed by atoms with van der Waals surface area (Å²) in [6.07, 6.45) is 4.83. The monoisotopic (exact) mass is 329 g/mol. The number of hydrogen-bond donors (Lipinski definition) is 1. The van der Waals surface area contributed by atoms with Gasteiger partial charge in [0.2, 0.25) is 5.91 Å². The zero-order valence-electron chi connectivity index (χ0n) is 14.5. The van der Waals surface area contributed by atoms with Crippen molar-refractivity contribution >= 4 is 31.0 Å². The Hall–Kier alpha value is -2.05. The van der Waals surface area contributed by atoms with Crippen LogP contribution in [0.15, 0.2) is 18.5 Å². The first-order valence-electron chi connectivity index (χ1n) is 8.21. The van der Waals surface area contributed by atoms with E-state index in [-0.39, 0.29) is 17.9 Å². The van der Waals surface area contributed by atoms with E-state index in [1.54, 1.807) is 17.2 Å². The average molecular weight is 329 g/mol. The number of aromatic nitrogens is 1. The number of likely N-dealkylation sites (tertiary alicyclic amines) is 1. The van der Waals surface area contributed by atoms with Crippen LogP contribution in [0.2, 0.25) is 0 Å². The second-order valence-corrected chi connectivity index (χ2v) is 7.17. The molecular weight excluding hydrogens is 305 g/mol. The van der Waals surface area contributed by atoms with Crippen molar-refractivity contribution < 1.29 is 14.3 Å². The van der Waals surface area contributed by atoms with E-state index in [1.165, 1.54) is 6.20 Å². The number of ether oxygens (including phenoxy) is 1. The van der Waals surface area contributed by atoms with Gasteiger partial charge in [-0.25, -0.2) is 4.79 Å². The first-order valence-corrected chi connectivity index (χ1v) is 8.21. The summed E-state index contributed by atoms with van der Waals surface area (Å²) in [5.41, 5.74) is 0.629. The van der Waals surface area contributed by atoms with Crippen molar-refractivity contribution in [2.24, 2.45) is 5.92 Å². The van der Waals surface area contributed by atoms with Crippen LogP contribution in [-0.4, -0.2) is 48.4 Å². The number of anilines is 1. The van der Waals surface area contributed by atoms with Crippen molar-refractivity contribution in [2.75, 3.05) is 18.4 Å². The topological polar surface area (TPSA) is 71.5 Å². The molecule has 1 saturated heterocycles. The Kier molecular flexibility index (Phi) is 5.86. The SMILES string of the molecule is [B]c1cncc(NC(=O)CC2CCN(C(=O)OC(C)(C)C)CC2)c1. The number of piperidine rings is 1. The van der Waals surface area contributed by atoms with Crippen molar-refractivity contribution in [3.05, 3.63) is 18.5 Å². The first kappa shape index (κ1) is 18.3. The smallest absolute Gasteiger partial charge is 0.410 e. The summed E-state index contributed by atoms with van der Waals surface area (Å²) in [6, 6.07) is 1.68. The molecular formula is C17H24BN3O3. The second kappa shape index (κ2) is 7.68. The van der Waals surface area contributed by atoms with Crippen LogP contribution >= 0.6 is 0 Å². The van der Waals surface area contributed by atoms with Gasteiger partial charge in [0.1, 0.15) is 13.4 Å². The minimum absolute atomic E-state index is 0.0573. The summed E-state index contributed by atoms with van der Waals surface area (Å²) < 4.78 is 5.37. The molecule has 6 nitrogen and oxygen atoms in total. The van der Waals surface area contributed by atoms with E-state index in [9.17, 15) is 9.59 Å². The third-order valence-corrected chi connectivity index (χ3v) is 3.78. The van der Waals surface area contributed by atoms with Crippen molar-refractivity contribution in [1.82, 2.24) is 9.88 Å². The van der Waals surface area contributed by atoms with Crippen LogP contribution in [-0.2, 0) is 9.53 Å². The standard InChI is InChI=1S/C17H24BN3O3/c1-17(2,3)24-16(23)21-6-4-12(5-7-21)8-15(22)20-14-9-13(18)10-19-11-14/h9-12H,4-8H2,1-3H3,(H,20,22). The Morgan fingerprint density at radius 2 is 2.00 bits per heavy atom. The molecule has 1 aliphatic heterocycles. The maximum absolute atomic E-state index is 12.1. The molecule has 2 heterocycles. The van der Waals surface area contributed by atoms with Gasteiger partial charge in [-0.2, -0.15) is 0 Å². The number of nitrogens with zero attached hydrogens (tertiary/aromatic N) is 2. The number of pyridine rings is 1. The van der Waals surface area contributed by atoms with E-state index >= 15 is 0 Å². The molecule has 0 unspecified atom stereocenters. The normalized spacial score (nSPS) is 15.9. The summed E-state index contributed by atoms with van der Waals surface area (Å²) in [4.78, 5) is 29.8. The van der Waals surface area contributed by atoms with Gasteiger partial charge >= 0.3 is 6.09 Å². The number of carbonyl (C=O) groups is 2. The molecule has 1 aliphatic rings. The van der Waals surface area contributed by atoms with Gasteiger partial charge in [-0.15, -0.1) is 0 Å². The third-order valence-electron chi connectivity index (χ3n) is 3.78. The fourth-order valence-corrected chi connectivity index (χ4v) is 2.65. The number of carbonyl (C=O) groups excluding carboxylic acids is 2. The summed E-state index contributed by atoms with van der Waals surface area (Å²) >= 11 is 0. The number of amides is 2. The molecule has 2 amide bonds. The molecule has 1 N–H and O–H groups in total. The summed E-state index contributed by atoms with van der Waals surface area (Å²) in [6.45, 7) is 6.80. The zero-order valence-corrected chi connectivity index (χ0v) is 14.5. The molecule has 1 aromatic rings. The van der Waals surface area contributed by atoms with Gasteiger partial charge in [-0.1, -0.05) is 5.46 Å². The predicted octanol–water partition coefficient (Wildman–Crippen LogP) is 1.85. The van der Waals surface area contributed by atoms with Crippen LogP contribution in [0.4, 0.5) is 10.5 Å². The Morgan fingerprint density at radius 1 is 1.33 bits per heavy atom. The van der Waals surface area contributed by atoms with Crippen molar-refractivity contribution in [2.45, 2.75) is 45.6 Å². The fraction of sp³-hybridized carbons (Fsp3) is 0.588. The fourth-order valence-electron chi connectivity index (χ4n) is 2.65. The van der Waals surface area contributed by atoms with Crippen LogP contribution in [0.5, 0.6) is 0 Å². The van der Waals surface area contributed by atoms with E-state index in [0.717, 1.165) is 12.8 Å². The van der Waals surface area contributed by atoms with Crippen LogP contribution in [0.3, 0.4) is 0 Å². The molecule has 0 atom stereocenters. The average Bonchev–Trinajstić information content (AvgIpc) is 2.46. The summed E-state index contributed by atoms with van der Waals surface area (Å²) in [5.74, 6) is 0.204. The lowest BCUT2D eigenvalue weighted by Crippen LogP contribution is -2.42. The zero-order chi connectivity index (χ0) is 17.7. The molecule has 0 aromatic carbocycles. The van der Waals surface area contributed by atoms with Crippen molar-refractivity contribution in [3.8, 4) is 0 Å². The van der Waals surface area contributed by atoms with Gasteiger partial charge in [0.25, 0.3) is 0 Å². The second-order valence-electron chi connectivity index (χ2n) is 7.17. The molecule has 2 rings (SSSR count). The highest BCUT2D eigenvalue weighted by molar-refractivity contribution is 6.32. The van der Waals surface area contributed by atoms with Gasteiger partial charge in [0.05, 0.1) is 11.9 Å². The number of rotatable bonds is 3. The van der Waals surface area contributed by atoms with Gasteiger partial charge in [0, 0.05) is 25.7 Å². The first-order chi connectivity index (χ1) is 11.2. The number of hydrogen-bond acceptors (Lipinski definition) is 4. The molecule has 1 aromatic heterocycles. The Bertz CT molecular complexity index is 593. The van der Waals surface area contributed by atoms with E-state index in [4.69, 9.17) is 12.6 Å². The van der Waals surface area contributed by atoms with Crippen LogP contribution in [0.1, 0.15) is 40.0 Å². The van der Waals surface area contributed by atoms with Gasteiger partial charge in [-0.05, 0) is 45.6 Å². The minimum Gasteiger partial charge on any atom is -0.444 e. The third kappa shape index (κ3) is 5.87. The Morgan fingerprint density at radius 3 is 2.58 bits per heavy atom. The van der Waals surface area contributed by atoms with Gasteiger partial charge < -0.3 is 15.0 Å². The molecule has 0 bridgehead atoms. The lowest BCUT2D eigenvalue weighted by molar-refractivity contribution is -0.117. The summed E-state index contributed by atoms with van der Waals surface area (Å²) in [5, 5.41) is 2.81. The maximum atomic E-state index is 12.1. The van der Waals surface area contributed by atoms with E-state index < -0.39 is 5.60 Å². The molecule has 0 spiro atoms. The Labute approximate surface area is 144 Å². The summed E-state index contributed by atoms with van der Waals surface area (Å²) in [7, 11) is 5.64. The molecule has 7 heteroatoms. The maximum Gasteiger partial charge on any atom is 0.410 e. The van der Waals surface area contributed by atoms with E-state index in [1.807, 2.05) is 20.8 Å². The van der Waals surface area contributed by atoms with E-state index in [0.29, 0.717) is 30.7 Å². The van der Waals surface area contributed by atoms with Crippen molar-refractivity contribution in [3.63, 3.8) is 0 Å². The van der Waals surface area contributed by atoms with E-state index in [2.05, 4.69) is 10.3 Å². The number of nitrogens with one attached hydrogen (secondary N) is 1. The quantitative estimate of drug-likeness (QED) is 0.859. The molecule has 1 fully saturated rings. The van der Waals surface area contributed by atoms with Crippen LogP contribution < -0.4 is 10.8 Å². The molecule has 24 heavy (non-hydrogen) atoms. The highest BCUT2D eigenvalue weighted by atomic mass is 16.6. The van der Waals surface area contributed by atoms with Crippen LogP contribution in [0.25, 0.3) is 0 Å². The lowest BCUT2D eigenvalue weighted by atomic mass is 9.93. The molecule has 0 aliphatic carbocycles. The molecule has 2 radical (unpaired) electrons. The highest BCUT2D eigenvalue weighted by Gasteiger charge is 2.27.